The molecule has 40 heavy (non-hydrogen) atoms. The van der Waals surface area contributed by atoms with E-state index < -0.39 is 0 Å². The smallest absolute Gasteiger partial charge is 0.343 e. The molecule has 4 aromatic rings. The number of azo groups is 2. The van der Waals surface area contributed by atoms with E-state index in [0.29, 0.717) is 22.7 Å². The number of nitrogens with zero attached hydrogens (tertiary/aromatic N) is 5. The quantitative estimate of drug-likeness (QED) is 0.103. The Labute approximate surface area is 236 Å². The van der Waals surface area contributed by atoms with E-state index in [4.69, 9.17) is 4.74 Å². The van der Waals surface area contributed by atoms with Crippen molar-refractivity contribution in [1.82, 2.24) is 0 Å². The van der Waals surface area contributed by atoms with Crippen molar-refractivity contribution in [3.05, 3.63) is 108 Å². The third-order valence-electron chi connectivity index (χ3n) is 6.45. The van der Waals surface area contributed by atoms with Gasteiger partial charge in [-0.25, -0.2) is 4.79 Å². The summed E-state index contributed by atoms with van der Waals surface area (Å²) in [6.07, 6.45) is 3.30. The second-order valence-corrected chi connectivity index (χ2v) is 9.29. The van der Waals surface area contributed by atoms with Gasteiger partial charge in [0.1, 0.15) is 5.75 Å². The molecule has 0 bridgehead atoms. The van der Waals surface area contributed by atoms with Crippen LogP contribution in [-0.4, -0.2) is 19.1 Å². The minimum absolute atomic E-state index is 0.384. The maximum absolute atomic E-state index is 12.5. The Morgan fingerprint density at radius 3 is 1.52 bits per heavy atom. The van der Waals surface area contributed by atoms with Gasteiger partial charge >= 0.3 is 5.97 Å². The highest BCUT2D eigenvalue weighted by Crippen LogP contribution is 2.26. The maximum Gasteiger partial charge on any atom is 0.343 e. The molecule has 0 aliphatic carbocycles. The van der Waals surface area contributed by atoms with Crippen LogP contribution in [0.15, 0.2) is 118 Å². The van der Waals surface area contributed by atoms with Gasteiger partial charge < -0.3 is 9.64 Å². The number of benzene rings is 4. The van der Waals surface area contributed by atoms with E-state index in [-0.39, 0.29) is 5.97 Å². The minimum atomic E-state index is -0.384. The van der Waals surface area contributed by atoms with Crippen LogP contribution in [0.25, 0.3) is 0 Å². The molecule has 0 saturated carbocycles. The van der Waals surface area contributed by atoms with Crippen LogP contribution in [0.2, 0.25) is 0 Å². The molecular formula is C33H35N5O2. The molecule has 0 fully saturated rings. The summed E-state index contributed by atoms with van der Waals surface area (Å²) in [7, 11) is 0. The number of unbranched alkanes of at least 4 members (excludes halogenated alkanes) is 1. The van der Waals surface area contributed by atoms with Gasteiger partial charge in [0.15, 0.2) is 0 Å². The third-order valence-corrected chi connectivity index (χ3v) is 6.45. The summed E-state index contributed by atoms with van der Waals surface area (Å²) in [5, 5.41) is 17.2. The van der Waals surface area contributed by atoms with Crippen LogP contribution >= 0.6 is 0 Å². The van der Waals surface area contributed by atoms with Crippen molar-refractivity contribution in [2.75, 3.05) is 18.0 Å². The number of esters is 1. The molecule has 7 nitrogen and oxygen atoms in total. The van der Waals surface area contributed by atoms with Crippen molar-refractivity contribution in [3.8, 4) is 5.75 Å². The van der Waals surface area contributed by atoms with E-state index in [1.54, 1.807) is 24.3 Å². The predicted octanol–water partition coefficient (Wildman–Crippen LogP) is 9.93. The zero-order chi connectivity index (χ0) is 28.2. The third kappa shape index (κ3) is 8.17. The fourth-order valence-corrected chi connectivity index (χ4v) is 4.07. The van der Waals surface area contributed by atoms with Crippen LogP contribution in [0.4, 0.5) is 28.4 Å². The molecule has 7 heteroatoms. The molecule has 0 atom stereocenters. The number of anilines is 1. The first-order valence-electron chi connectivity index (χ1n) is 13.8. The molecule has 0 amide bonds. The largest absolute Gasteiger partial charge is 0.423 e. The van der Waals surface area contributed by atoms with Gasteiger partial charge in [0.25, 0.3) is 0 Å². The van der Waals surface area contributed by atoms with Gasteiger partial charge in [-0.15, -0.1) is 0 Å². The molecule has 0 aromatic heterocycles. The summed E-state index contributed by atoms with van der Waals surface area (Å²) in [5.74, 6) is 0.0710. The molecule has 0 heterocycles. The molecule has 0 spiro atoms. The Morgan fingerprint density at radius 1 is 0.625 bits per heavy atom. The zero-order valence-corrected chi connectivity index (χ0v) is 23.3. The zero-order valence-electron chi connectivity index (χ0n) is 23.3. The van der Waals surface area contributed by atoms with Gasteiger partial charge in [-0.3, -0.25) is 0 Å². The van der Waals surface area contributed by atoms with Crippen molar-refractivity contribution < 1.29 is 9.53 Å². The molecule has 4 aromatic carbocycles. The standard InChI is InChI=1S/C33H35N5O2/c1-4-7-8-25-9-11-26(12-10-25)33(39)40-32-23-19-30(20-24-32)37-35-28-15-13-27(14-16-28)34-36-29-17-21-31(22-18-29)38(5-2)6-3/h9-24H,4-8H2,1-3H3. The van der Waals surface area contributed by atoms with Crippen LogP contribution in [0.3, 0.4) is 0 Å². The van der Waals surface area contributed by atoms with Crippen LogP contribution < -0.4 is 9.64 Å². The number of carbonyl (C=O) groups excluding carboxylic acids is 1. The average molecular weight is 534 g/mol. The molecule has 0 aliphatic heterocycles. The highest BCUT2D eigenvalue weighted by Gasteiger charge is 2.09. The summed E-state index contributed by atoms with van der Waals surface area (Å²) < 4.78 is 5.50. The highest BCUT2D eigenvalue weighted by molar-refractivity contribution is 5.91. The van der Waals surface area contributed by atoms with E-state index >= 15 is 0 Å². The van der Waals surface area contributed by atoms with Crippen molar-refractivity contribution in [2.24, 2.45) is 20.5 Å². The molecule has 0 aliphatic rings. The SMILES string of the molecule is CCCCc1ccc(C(=O)Oc2ccc(N=Nc3ccc(N=Nc4ccc(N(CC)CC)cc4)cc3)cc2)cc1. The second kappa shape index (κ2) is 14.5. The summed E-state index contributed by atoms with van der Waals surface area (Å²) in [6.45, 7) is 8.39. The molecule has 0 unspecified atom stereocenters. The lowest BCUT2D eigenvalue weighted by Gasteiger charge is -2.20. The van der Waals surface area contributed by atoms with E-state index in [0.717, 1.165) is 43.7 Å². The predicted molar refractivity (Wildman–Crippen MR) is 161 cm³/mol. The van der Waals surface area contributed by atoms with Gasteiger partial charge in [-0.1, -0.05) is 25.5 Å². The van der Waals surface area contributed by atoms with Gasteiger partial charge in [-0.05, 0) is 117 Å². The first-order valence-corrected chi connectivity index (χ1v) is 13.8. The monoisotopic (exact) mass is 533 g/mol. The normalized spacial score (nSPS) is 11.3. The van der Waals surface area contributed by atoms with E-state index in [1.807, 2.05) is 60.7 Å². The fourth-order valence-electron chi connectivity index (χ4n) is 4.07. The fraction of sp³-hybridized carbons (Fsp3) is 0.242. The molecule has 4 rings (SSSR count). The van der Waals surface area contributed by atoms with E-state index in [2.05, 4.69) is 58.3 Å². The lowest BCUT2D eigenvalue weighted by molar-refractivity contribution is 0.0734. The first kappa shape index (κ1) is 28.4. The highest BCUT2D eigenvalue weighted by atomic mass is 16.5. The summed E-state index contributed by atoms with van der Waals surface area (Å²) >= 11 is 0. The molecule has 0 saturated heterocycles. The van der Waals surface area contributed by atoms with Gasteiger partial charge in [0, 0.05) is 18.8 Å². The lowest BCUT2D eigenvalue weighted by atomic mass is 10.1. The number of hydrogen-bond acceptors (Lipinski definition) is 7. The van der Waals surface area contributed by atoms with Crippen LogP contribution in [0.5, 0.6) is 5.75 Å². The summed E-state index contributed by atoms with van der Waals surface area (Å²) in [5.41, 5.74) is 5.81. The van der Waals surface area contributed by atoms with Crippen LogP contribution in [0, 0.1) is 0 Å². The van der Waals surface area contributed by atoms with Crippen LogP contribution in [-0.2, 0) is 6.42 Å². The summed E-state index contributed by atoms with van der Waals surface area (Å²) in [6, 6.07) is 30.0. The van der Waals surface area contributed by atoms with Crippen LogP contribution in [0.1, 0.15) is 49.5 Å². The molecule has 0 radical (unpaired) electrons. The maximum atomic E-state index is 12.5. The Bertz CT molecular complexity index is 1410. The van der Waals surface area contributed by atoms with Crippen molar-refractivity contribution in [3.63, 3.8) is 0 Å². The second-order valence-electron chi connectivity index (χ2n) is 9.29. The molecular weight excluding hydrogens is 498 g/mol. The topological polar surface area (TPSA) is 79.0 Å². The Kier molecular flexibility index (Phi) is 10.3. The number of rotatable bonds is 12. The lowest BCUT2D eigenvalue weighted by Crippen LogP contribution is -2.21. The Balaban J connectivity index is 1.29. The van der Waals surface area contributed by atoms with Crippen molar-refractivity contribution in [1.29, 1.82) is 0 Å². The van der Waals surface area contributed by atoms with Gasteiger partial charge in [0.05, 0.1) is 28.3 Å². The molecule has 204 valence electrons. The Hall–Kier alpha value is -4.65. The molecule has 0 N–H and O–H groups in total. The van der Waals surface area contributed by atoms with Gasteiger partial charge in [-0.2, -0.15) is 20.5 Å². The van der Waals surface area contributed by atoms with Crippen molar-refractivity contribution in [2.45, 2.75) is 40.0 Å². The van der Waals surface area contributed by atoms with Crippen molar-refractivity contribution >= 4 is 34.4 Å². The number of ether oxygens (including phenoxy) is 1. The first-order chi connectivity index (χ1) is 19.6. The number of carbonyl (C=O) groups is 1. The summed E-state index contributed by atoms with van der Waals surface area (Å²) in [4.78, 5) is 14.8. The number of hydrogen-bond donors (Lipinski definition) is 0. The van der Waals surface area contributed by atoms with E-state index in [9.17, 15) is 4.79 Å². The Morgan fingerprint density at radius 2 is 1.07 bits per heavy atom. The van der Waals surface area contributed by atoms with Gasteiger partial charge in [0.2, 0.25) is 0 Å². The minimum Gasteiger partial charge on any atom is -0.423 e. The number of aryl methyl sites for hydroxylation is 1. The van der Waals surface area contributed by atoms with E-state index in [1.165, 1.54) is 11.3 Å². The average Bonchev–Trinajstić information content (AvgIpc) is 3.00.